The lowest BCUT2D eigenvalue weighted by molar-refractivity contribution is -0.140. The summed E-state index contributed by atoms with van der Waals surface area (Å²) in [5.74, 6) is -2.38. The molecule has 0 unspecified atom stereocenters. The van der Waals surface area contributed by atoms with Crippen LogP contribution in [0.25, 0.3) is 0 Å². The van der Waals surface area contributed by atoms with Crippen LogP contribution in [0.5, 0.6) is 51.7 Å². The first-order valence-electron chi connectivity index (χ1n) is 50.4. The summed E-state index contributed by atoms with van der Waals surface area (Å²) in [7, 11) is 0. The number of ether oxygens (including phenoxy) is 3. The molecule has 0 amide bonds. The van der Waals surface area contributed by atoms with E-state index in [2.05, 4.69) is 118 Å². The molecule has 0 radical (unpaired) electrons. The zero-order valence-corrected chi connectivity index (χ0v) is 81.2. The van der Waals surface area contributed by atoms with Crippen LogP contribution in [0.4, 0.5) is 0 Å². The highest BCUT2D eigenvalue weighted by Gasteiger charge is 2.42. The number of aromatic hydroxyl groups is 6. The molecule has 6 saturated carbocycles. The number of aliphatic carboxylic acids is 3. The van der Waals surface area contributed by atoms with Crippen molar-refractivity contribution in [2.24, 2.45) is 0 Å². The average molecular weight is 1810 g/mol. The third kappa shape index (κ3) is 19.8. The Morgan fingerprint density at radius 3 is 0.694 bits per heavy atom. The van der Waals surface area contributed by atoms with E-state index in [1.54, 1.807) is 0 Å². The molecule has 15 heteroatoms. The molecule has 6 aliphatic rings. The minimum atomic E-state index is -1.31. The van der Waals surface area contributed by atoms with Gasteiger partial charge in [-0.1, -0.05) is 214 Å². The molecule has 15 nitrogen and oxygen atoms in total. The summed E-state index contributed by atoms with van der Waals surface area (Å²) in [4.78, 5) is 39.9. The minimum absolute atomic E-state index is 0.0700. The summed E-state index contributed by atoms with van der Waals surface area (Å²) in [6, 6.07) is 46.4. The van der Waals surface area contributed by atoms with Gasteiger partial charge < -0.3 is 60.2 Å². The smallest absolute Gasteiger partial charge is 0.341 e. The van der Waals surface area contributed by atoms with Gasteiger partial charge in [0.15, 0.2) is 19.8 Å². The number of hydrogen-bond donors (Lipinski definition) is 9. The Kier molecular flexibility index (Phi) is 29.2. The van der Waals surface area contributed by atoms with Crippen molar-refractivity contribution in [1.29, 1.82) is 0 Å². The fraction of sp³-hybridized carbons (Fsp3) is 0.471. The zero-order chi connectivity index (χ0) is 94.9. The molecule has 9 N–H and O–H groups in total. The van der Waals surface area contributed by atoms with Crippen molar-refractivity contribution in [1.82, 2.24) is 0 Å². The van der Waals surface area contributed by atoms with E-state index in [-0.39, 0.29) is 70.0 Å². The number of rotatable bonds is 29. The number of carboxylic acids is 3. The Bertz CT molecular complexity index is 5580. The first kappa shape index (κ1) is 95.9. The second-order valence-electron chi connectivity index (χ2n) is 41.9. The van der Waals surface area contributed by atoms with Crippen LogP contribution in [-0.4, -0.2) is 83.7 Å². The third-order valence-corrected chi connectivity index (χ3v) is 32.5. The summed E-state index contributed by atoms with van der Waals surface area (Å²) in [6.45, 7) is 23.0. The molecule has 6 aliphatic carbocycles. The largest absolute Gasteiger partial charge is 0.508 e. The van der Waals surface area contributed by atoms with Crippen LogP contribution in [0.15, 0.2) is 133 Å². The molecule has 0 bridgehead atoms. The Morgan fingerprint density at radius 1 is 0.261 bits per heavy atom. The summed E-state index contributed by atoms with van der Waals surface area (Å²) >= 11 is 0. The second kappa shape index (κ2) is 40.8. The van der Waals surface area contributed by atoms with E-state index in [1.165, 1.54) is 0 Å². The predicted molar refractivity (Wildman–Crippen MR) is 532 cm³/mol. The summed E-state index contributed by atoms with van der Waals surface area (Å²) in [5, 5.41) is 107. The van der Waals surface area contributed by atoms with Gasteiger partial charge in [-0.25, -0.2) is 14.4 Å². The SMILES string of the molecule is Cc1cc(O)c(C2CCCCC2)cc1C(c1cc(C2CCCCC2)c(O)cc1C)c1cc(C(C)(C)c2cccc(C(C)(c3cc(C)c(OCC(=O)O)c(C(c4cc(C5CCCCC5)c(O)cc4C)c4cc(C5CCCCC5)c(O)cc4C)c3)c3cc(C)c(OCC(=O)O)c(C(c4cc(C5CCCCC5)c(O)cc4C)c4cc(C5CCCCC5)c(O)cc4C)c3)c2)cc(C)c1OCC(=O)O. The molecule has 0 aliphatic heterocycles. The Balaban J connectivity index is 0.999. The number of benzene rings is 10. The van der Waals surface area contributed by atoms with Crippen LogP contribution in [0.2, 0.25) is 0 Å². The molecule has 708 valence electrons. The summed E-state index contributed by atoms with van der Waals surface area (Å²) in [6.07, 6.45) is 29.9. The molecule has 16 rings (SSSR count). The lowest BCUT2D eigenvalue weighted by atomic mass is 9.66. The Labute approximate surface area is 793 Å². The van der Waals surface area contributed by atoms with Gasteiger partial charge in [-0.3, -0.25) is 0 Å². The number of phenolic OH excluding ortho intramolecular Hbond substituents is 6. The van der Waals surface area contributed by atoms with Gasteiger partial charge in [0.2, 0.25) is 0 Å². The van der Waals surface area contributed by atoms with Crippen molar-refractivity contribution in [3.8, 4) is 51.7 Å². The maximum atomic E-state index is 13.4. The number of carboxylic acid groups (broad SMARTS) is 3. The lowest BCUT2D eigenvalue weighted by Crippen LogP contribution is -2.29. The molecule has 0 atom stereocenters. The topological polar surface area (TPSA) is 261 Å². The van der Waals surface area contributed by atoms with Crippen molar-refractivity contribution in [3.63, 3.8) is 0 Å². The van der Waals surface area contributed by atoms with E-state index in [4.69, 9.17) is 14.2 Å². The quantitative estimate of drug-likeness (QED) is 0.0198. The first-order valence-corrected chi connectivity index (χ1v) is 50.4. The van der Waals surface area contributed by atoms with Gasteiger partial charge in [0, 0.05) is 45.3 Å². The van der Waals surface area contributed by atoms with Crippen molar-refractivity contribution in [2.75, 3.05) is 19.8 Å². The summed E-state index contributed by atoms with van der Waals surface area (Å²) in [5.41, 5.74) is 21.7. The molecular formula is C119H142O15. The maximum Gasteiger partial charge on any atom is 0.341 e. The van der Waals surface area contributed by atoms with Crippen LogP contribution in [-0.2, 0) is 25.2 Å². The van der Waals surface area contributed by atoms with Gasteiger partial charge in [-0.2, -0.15) is 0 Å². The molecule has 0 aromatic heterocycles. The molecule has 10 aromatic carbocycles. The fourth-order valence-corrected chi connectivity index (χ4v) is 25.0. The van der Waals surface area contributed by atoms with Crippen molar-refractivity contribution in [3.05, 3.63) is 295 Å². The van der Waals surface area contributed by atoms with E-state index in [1.807, 2.05) is 98.7 Å². The van der Waals surface area contributed by atoms with Crippen molar-refractivity contribution < 1.29 is 74.6 Å². The highest BCUT2D eigenvalue weighted by Crippen LogP contribution is 2.57. The highest BCUT2D eigenvalue weighted by atomic mass is 16.5. The third-order valence-electron chi connectivity index (χ3n) is 32.5. The lowest BCUT2D eigenvalue weighted by Gasteiger charge is -2.37. The molecule has 134 heavy (non-hydrogen) atoms. The van der Waals surface area contributed by atoms with Gasteiger partial charge in [-0.05, 0) is 375 Å². The maximum absolute atomic E-state index is 13.4. The Morgan fingerprint density at radius 2 is 0.470 bits per heavy atom. The second-order valence-corrected chi connectivity index (χ2v) is 41.9. The van der Waals surface area contributed by atoms with Crippen molar-refractivity contribution in [2.45, 2.75) is 340 Å². The first-order chi connectivity index (χ1) is 64.2. The van der Waals surface area contributed by atoms with Gasteiger partial charge in [-0.15, -0.1) is 0 Å². The van der Waals surface area contributed by atoms with Crippen LogP contribution in [0.1, 0.15) is 428 Å². The number of hydrogen-bond acceptors (Lipinski definition) is 12. The molecule has 6 fully saturated rings. The van der Waals surface area contributed by atoms with Crippen molar-refractivity contribution >= 4 is 17.9 Å². The predicted octanol–water partition coefficient (Wildman–Crippen LogP) is 28.6. The monoisotopic (exact) mass is 1810 g/mol. The molecule has 0 spiro atoms. The van der Waals surface area contributed by atoms with Gasteiger partial charge in [0.25, 0.3) is 0 Å². The van der Waals surface area contributed by atoms with E-state index in [9.17, 15) is 60.3 Å². The standard InChI is InChI=1S/C119H142O15/c1-68-49-103(120)94(77-32-19-13-20-33-77)59-88(68)112(89-60-95(104(121)50-69(89)2)78-34-21-14-22-35-78)100-56-85(46-74(7)115(100)132-65-109(126)127)118(10,11)83-44-31-45-84(55-83)119(12,86-47-75(8)116(133-66-110(128)129)101(57-86)113(90-61-96(105(122)51-70(90)3)79-36-23-15-24-37-79)91-62-97(106(123)52-71(91)4)80-38-25-16-26-39-80)87-48-76(9)117(134-67-111(130)131)102(58-87)114(92-63-98(107(124)53-72(92)5)81-40-27-17-28-41-81)93-64-99(108(125)54-73(93)6)82-42-29-18-30-43-82/h31,44-64,77-82,112-114,120-125H,13-30,32-43,65-67H2,1-12H3,(H,126,127)(H,128,129)(H,130,131). The number of carbonyl (C=O) groups is 3. The molecular weight excluding hydrogens is 1670 g/mol. The molecule has 0 heterocycles. The van der Waals surface area contributed by atoms with E-state index < -0.39 is 66.3 Å². The minimum Gasteiger partial charge on any atom is -0.508 e. The number of phenols is 6. The van der Waals surface area contributed by atoms with Gasteiger partial charge >= 0.3 is 17.9 Å². The molecule has 0 saturated heterocycles. The van der Waals surface area contributed by atoms with Gasteiger partial charge in [0.1, 0.15) is 51.7 Å². The summed E-state index contributed by atoms with van der Waals surface area (Å²) < 4.78 is 20.5. The van der Waals surface area contributed by atoms with Crippen LogP contribution < -0.4 is 14.2 Å². The highest BCUT2D eigenvalue weighted by molar-refractivity contribution is 5.73. The van der Waals surface area contributed by atoms with E-state index in [0.717, 1.165) is 326 Å². The Hall–Kier alpha value is -11.2. The zero-order valence-electron chi connectivity index (χ0n) is 81.2. The van der Waals surface area contributed by atoms with Crippen LogP contribution in [0, 0.1) is 62.3 Å². The normalized spacial score (nSPS) is 16.8. The van der Waals surface area contributed by atoms with Gasteiger partial charge in [0.05, 0.1) is 0 Å². The number of aryl methyl sites for hydroxylation is 9. The van der Waals surface area contributed by atoms with Crippen LogP contribution >= 0.6 is 0 Å². The average Bonchev–Trinajstić information content (AvgIpc) is 0.750. The van der Waals surface area contributed by atoms with E-state index >= 15 is 0 Å². The molecule has 10 aromatic rings. The fourth-order valence-electron chi connectivity index (χ4n) is 25.0. The van der Waals surface area contributed by atoms with Crippen LogP contribution in [0.3, 0.4) is 0 Å². The van der Waals surface area contributed by atoms with E-state index in [0.29, 0.717) is 45.1 Å².